The molecule has 74 valence electrons. The third-order valence-electron chi connectivity index (χ3n) is 3.05. The maximum atomic E-state index is 2.44. The van der Waals surface area contributed by atoms with Crippen LogP contribution in [0.5, 0.6) is 0 Å². The molecule has 0 unspecified atom stereocenters. The highest BCUT2D eigenvalue weighted by Gasteiger charge is 2.30. The van der Waals surface area contributed by atoms with Gasteiger partial charge in [-0.1, -0.05) is 27.7 Å². The van der Waals surface area contributed by atoms with Crippen molar-refractivity contribution in [3.63, 3.8) is 0 Å². The summed E-state index contributed by atoms with van der Waals surface area (Å²) in [6.45, 7) is 14.3. The van der Waals surface area contributed by atoms with Crippen LogP contribution in [0.15, 0.2) is 0 Å². The molecule has 0 bridgehead atoms. The quantitative estimate of drug-likeness (QED) is 0.563. The molecule has 0 aliphatic heterocycles. The van der Waals surface area contributed by atoms with Crippen LogP contribution in [0.3, 0.4) is 0 Å². The van der Waals surface area contributed by atoms with Crippen LogP contribution < -0.4 is 0 Å². The Morgan fingerprint density at radius 1 is 1.08 bits per heavy atom. The van der Waals surface area contributed by atoms with Gasteiger partial charge < -0.3 is 0 Å². The number of rotatable bonds is 5. The summed E-state index contributed by atoms with van der Waals surface area (Å²) in [6.07, 6.45) is 4.14. The molecule has 0 aliphatic carbocycles. The minimum atomic E-state index is 0.219. The van der Waals surface area contributed by atoms with Crippen LogP contribution in [0.25, 0.3) is 0 Å². The fourth-order valence-corrected chi connectivity index (χ4v) is 4.11. The first-order valence-corrected chi connectivity index (χ1v) is 7.39. The zero-order valence-electron chi connectivity index (χ0n) is 9.65. The largest absolute Gasteiger partial charge is 0.107 e. The number of hydrogen-bond acceptors (Lipinski definition) is 0. The molecule has 0 aliphatic rings. The van der Waals surface area contributed by atoms with Crippen LogP contribution in [-0.2, 0) is 0 Å². The fraction of sp³-hybridized carbons (Fsp3) is 1.00. The maximum absolute atomic E-state index is 2.44. The molecule has 0 fully saturated rings. The van der Waals surface area contributed by atoms with E-state index in [1.54, 1.807) is 0 Å². The first-order chi connectivity index (χ1) is 5.48. The summed E-state index contributed by atoms with van der Waals surface area (Å²) in [5.74, 6) is 0.856. The van der Waals surface area contributed by atoms with Crippen molar-refractivity contribution in [2.45, 2.75) is 52.1 Å². The molecule has 0 rings (SSSR count). The Balaban J connectivity index is 4.35. The van der Waals surface area contributed by atoms with E-state index in [1.807, 2.05) is 0 Å². The van der Waals surface area contributed by atoms with Gasteiger partial charge in [0.05, 0.1) is 0 Å². The molecule has 0 heterocycles. The standard InChI is InChI=1S/C11H25P/c1-7-11(8-2,12(5)6)9-10(3)4/h10H,7-9H2,1-6H3. The van der Waals surface area contributed by atoms with Gasteiger partial charge in [0, 0.05) is 0 Å². The lowest BCUT2D eigenvalue weighted by Crippen LogP contribution is -2.26. The smallest absolute Gasteiger partial charge is 0.0102 e. The van der Waals surface area contributed by atoms with Crippen molar-refractivity contribution in [1.82, 2.24) is 0 Å². The minimum Gasteiger partial charge on any atom is -0.107 e. The highest BCUT2D eigenvalue weighted by atomic mass is 31.1. The second-order valence-electron chi connectivity index (χ2n) is 4.42. The Morgan fingerprint density at radius 3 is 1.58 bits per heavy atom. The second-order valence-corrected chi connectivity index (χ2v) is 7.16. The van der Waals surface area contributed by atoms with Gasteiger partial charge in [-0.15, -0.1) is 7.92 Å². The van der Waals surface area contributed by atoms with E-state index < -0.39 is 0 Å². The van der Waals surface area contributed by atoms with Crippen LogP contribution >= 0.6 is 7.92 Å². The van der Waals surface area contributed by atoms with E-state index in [9.17, 15) is 0 Å². The van der Waals surface area contributed by atoms with E-state index in [0.29, 0.717) is 5.16 Å². The summed E-state index contributed by atoms with van der Waals surface area (Å²) in [7, 11) is 0.219. The summed E-state index contributed by atoms with van der Waals surface area (Å²) in [4.78, 5) is 0. The van der Waals surface area contributed by atoms with E-state index in [1.165, 1.54) is 19.3 Å². The molecule has 0 aromatic carbocycles. The average Bonchev–Trinajstić information content (AvgIpc) is 1.99. The molecule has 1 heteroatoms. The molecule has 0 radical (unpaired) electrons. The summed E-state index contributed by atoms with van der Waals surface area (Å²) in [6, 6.07) is 0. The van der Waals surface area contributed by atoms with Crippen LogP contribution in [0.2, 0.25) is 0 Å². The topological polar surface area (TPSA) is 0 Å². The van der Waals surface area contributed by atoms with Gasteiger partial charge in [0.25, 0.3) is 0 Å². The summed E-state index contributed by atoms with van der Waals surface area (Å²) >= 11 is 0. The van der Waals surface area contributed by atoms with Crippen LogP contribution in [0.4, 0.5) is 0 Å². The molecule has 0 nitrogen and oxygen atoms in total. The summed E-state index contributed by atoms with van der Waals surface area (Å²) < 4.78 is 0. The molecule has 12 heavy (non-hydrogen) atoms. The van der Waals surface area contributed by atoms with Crippen molar-refractivity contribution in [3.8, 4) is 0 Å². The average molecular weight is 188 g/mol. The van der Waals surface area contributed by atoms with Gasteiger partial charge >= 0.3 is 0 Å². The lowest BCUT2D eigenvalue weighted by atomic mass is 9.91. The van der Waals surface area contributed by atoms with E-state index in [0.717, 1.165) is 5.92 Å². The Morgan fingerprint density at radius 2 is 1.50 bits per heavy atom. The van der Waals surface area contributed by atoms with Gasteiger partial charge in [0.15, 0.2) is 0 Å². The molecule has 0 saturated carbocycles. The third-order valence-corrected chi connectivity index (χ3v) is 5.77. The second kappa shape index (κ2) is 5.22. The fourth-order valence-electron chi connectivity index (χ4n) is 2.11. The predicted molar refractivity (Wildman–Crippen MR) is 61.5 cm³/mol. The Kier molecular flexibility index (Phi) is 5.41. The zero-order chi connectivity index (χ0) is 9.78. The van der Waals surface area contributed by atoms with Crippen molar-refractivity contribution in [1.29, 1.82) is 0 Å². The minimum absolute atomic E-state index is 0.219. The lowest BCUT2D eigenvalue weighted by molar-refractivity contribution is 0.422. The summed E-state index contributed by atoms with van der Waals surface area (Å²) in [5, 5.41) is 0.670. The van der Waals surface area contributed by atoms with Gasteiger partial charge in [0.2, 0.25) is 0 Å². The van der Waals surface area contributed by atoms with E-state index in [4.69, 9.17) is 0 Å². The van der Waals surface area contributed by atoms with Gasteiger partial charge in [-0.3, -0.25) is 0 Å². The van der Waals surface area contributed by atoms with Crippen LogP contribution in [-0.4, -0.2) is 18.5 Å². The monoisotopic (exact) mass is 188 g/mol. The summed E-state index contributed by atoms with van der Waals surface area (Å²) in [5.41, 5.74) is 0. The number of hydrogen-bond donors (Lipinski definition) is 0. The molecule has 0 aromatic heterocycles. The predicted octanol–water partition coefficient (Wildman–Crippen LogP) is 4.33. The molecule has 0 N–H and O–H groups in total. The molecule has 0 amide bonds. The molecule has 0 aromatic rings. The van der Waals surface area contributed by atoms with Gasteiger partial charge in [0.1, 0.15) is 0 Å². The maximum Gasteiger partial charge on any atom is -0.0102 e. The van der Waals surface area contributed by atoms with Crippen molar-refractivity contribution in [3.05, 3.63) is 0 Å². The molecular formula is C11H25P. The Hall–Kier alpha value is 0.430. The van der Waals surface area contributed by atoms with E-state index in [2.05, 4.69) is 41.0 Å². The third kappa shape index (κ3) is 3.05. The van der Waals surface area contributed by atoms with Gasteiger partial charge in [-0.2, -0.15) is 0 Å². The van der Waals surface area contributed by atoms with Crippen molar-refractivity contribution >= 4 is 7.92 Å². The highest BCUT2D eigenvalue weighted by Crippen LogP contribution is 2.51. The van der Waals surface area contributed by atoms with Crippen molar-refractivity contribution in [2.75, 3.05) is 13.3 Å². The Labute approximate surface area is 79.9 Å². The first kappa shape index (κ1) is 12.4. The van der Waals surface area contributed by atoms with Crippen molar-refractivity contribution < 1.29 is 0 Å². The Bertz CT molecular complexity index is 112. The van der Waals surface area contributed by atoms with E-state index in [-0.39, 0.29) is 7.92 Å². The van der Waals surface area contributed by atoms with Gasteiger partial charge in [-0.05, 0) is 43.7 Å². The van der Waals surface area contributed by atoms with Gasteiger partial charge in [-0.25, -0.2) is 0 Å². The molecule has 0 spiro atoms. The highest BCUT2D eigenvalue weighted by molar-refractivity contribution is 7.57. The zero-order valence-corrected chi connectivity index (χ0v) is 10.5. The molecule has 0 atom stereocenters. The van der Waals surface area contributed by atoms with Crippen LogP contribution in [0.1, 0.15) is 47.0 Å². The molecular weight excluding hydrogens is 163 g/mol. The van der Waals surface area contributed by atoms with Crippen LogP contribution in [0, 0.1) is 5.92 Å². The van der Waals surface area contributed by atoms with E-state index >= 15 is 0 Å². The lowest BCUT2D eigenvalue weighted by Gasteiger charge is -2.38. The molecule has 0 saturated heterocycles. The van der Waals surface area contributed by atoms with Crippen molar-refractivity contribution in [2.24, 2.45) is 5.92 Å². The normalized spacial score (nSPS) is 13.0. The first-order valence-electron chi connectivity index (χ1n) is 5.16. The SMILES string of the molecule is CCC(CC)(CC(C)C)P(C)C.